The Bertz CT molecular complexity index is 421. The first kappa shape index (κ1) is 11.7. The van der Waals surface area contributed by atoms with Gasteiger partial charge in [-0.25, -0.2) is 0 Å². The molecule has 0 radical (unpaired) electrons. The lowest BCUT2D eigenvalue weighted by atomic mass is 9.89. The molecule has 0 spiro atoms. The molecule has 1 aromatic carbocycles. The van der Waals surface area contributed by atoms with E-state index in [4.69, 9.17) is 0 Å². The largest absolute Gasteiger partial charge is 0.302 e. The summed E-state index contributed by atoms with van der Waals surface area (Å²) in [6, 6.07) is 8.11. The van der Waals surface area contributed by atoms with Crippen LogP contribution in [0, 0.1) is 10.1 Å². The van der Waals surface area contributed by atoms with E-state index in [0.29, 0.717) is 6.54 Å². The van der Waals surface area contributed by atoms with Crippen molar-refractivity contribution in [2.75, 3.05) is 13.6 Å². The zero-order valence-corrected chi connectivity index (χ0v) is 9.52. The third-order valence-corrected chi connectivity index (χ3v) is 3.36. The highest BCUT2D eigenvalue weighted by molar-refractivity contribution is 5.61. The number of nitrogens with zero attached hydrogens (tertiary/aromatic N) is 2. The zero-order valence-electron chi connectivity index (χ0n) is 9.52. The monoisotopic (exact) mass is 234 g/mol. The van der Waals surface area contributed by atoms with E-state index in [1.165, 1.54) is 0 Å². The maximum absolute atomic E-state index is 11.1. The molecule has 5 heteroatoms. The average molecular weight is 234 g/mol. The van der Waals surface area contributed by atoms with Crippen molar-refractivity contribution >= 4 is 6.29 Å². The topological polar surface area (TPSA) is 63.4 Å². The Kier molecular flexibility index (Phi) is 3.19. The summed E-state index contributed by atoms with van der Waals surface area (Å²) in [7, 11) is 1.75. The van der Waals surface area contributed by atoms with E-state index >= 15 is 0 Å². The summed E-state index contributed by atoms with van der Waals surface area (Å²) in [5, 5.41) is 11.1. The molecule has 1 aliphatic heterocycles. The number of hydrogen-bond acceptors (Lipinski definition) is 4. The summed E-state index contributed by atoms with van der Waals surface area (Å²) >= 11 is 0. The van der Waals surface area contributed by atoms with Gasteiger partial charge in [-0.1, -0.05) is 30.3 Å². The van der Waals surface area contributed by atoms with Gasteiger partial charge in [-0.05, 0) is 12.6 Å². The number of nitro groups is 1. The fraction of sp³-hybridized carbons (Fsp3) is 0.417. The molecular formula is C12H14N2O3. The summed E-state index contributed by atoms with van der Waals surface area (Å²) < 4.78 is 0. The highest BCUT2D eigenvalue weighted by Crippen LogP contribution is 2.33. The molecule has 0 aliphatic carbocycles. The predicted octanol–water partition coefficient (Wildman–Crippen LogP) is 0.928. The molecule has 5 nitrogen and oxygen atoms in total. The Morgan fingerprint density at radius 2 is 2.06 bits per heavy atom. The Balaban J connectivity index is 2.38. The van der Waals surface area contributed by atoms with Crippen LogP contribution in [0.5, 0.6) is 0 Å². The van der Waals surface area contributed by atoms with Crippen LogP contribution < -0.4 is 0 Å². The molecule has 0 amide bonds. The molecule has 2 rings (SSSR count). The number of likely N-dealkylation sites (tertiary alicyclic amines) is 1. The molecule has 17 heavy (non-hydrogen) atoms. The average Bonchev–Trinajstić information content (AvgIpc) is 2.67. The first-order valence-corrected chi connectivity index (χ1v) is 5.49. The van der Waals surface area contributed by atoms with Gasteiger partial charge in [0.15, 0.2) is 0 Å². The number of carbonyl (C=O) groups excluding carboxylic acids is 1. The molecule has 1 saturated heterocycles. The molecule has 3 atom stereocenters. The fourth-order valence-corrected chi connectivity index (χ4v) is 2.51. The number of rotatable bonds is 3. The third-order valence-electron chi connectivity index (χ3n) is 3.36. The van der Waals surface area contributed by atoms with Gasteiger partial charge in [0.1, 0.15) is 6.29 Å². The van der Waals surface area contributed by atoms with Gasteiger partial charge in [-0.3, -0.25) is 15.0 Å². The van der Waals surface area contributed by atoms with E-state index in [2.05, 4.69) is 0 Å². The van der Waals surface area contributed by atoms with Crippen LogP contribution >= 0.6 is 0 Å². The Morgan fingerprint density at radius 1 is 1.41 bits per heavy atom. The lowest BCUT2D eigenvalue weighted by Crippen LogP contribution is -2.31. The van der Waals surface area contributed by atoms with E-state index in [1.807, 2.05) is 30.3 Å². The number of likely N-dealkylation sites (N-methyl/N-ethyl adjacent to an activating group) is 1. The number of benzene rings is 1. The van der Waals surface area contributed by atoms with Crippen molar-refractivity contribution in [2.45, 2.75) is 18.0 Å². The van der Waals surface area contributed by atoms with Crippen molar-refractivity contribution in [1.29, 1.82) is 0 Å². The number of aldehydes is 1. The van der Waals surface area contributed by atoms with Crippen molar-refractivity contribution < 1.29 is 9.72 Å². The Hall–Kier alpha value is -1.75. The fourth-order valence-electron chi connectivity index (χ4n) is 2.51. The second kappa shape index (κ2) is 4.63. The summed E-state index contributed by atoms with van der Waals surface area (Å²) in [4.78, 5) is 23.6. The first-order chi connectivity index (χ1) is 8.15. The highest BCUT2D eigenvalue weighted by atomic mass is 16.6. The second-order valence-electron chi connectivity index (χ2n) is 4.36. The van der Waals surface area contributed by atoms with Crippen LogP contribution in [0.25, 0.3) is 0 Å². The van der Waals surface area contributed by atoms with Crippen molar-refractivity contribution in [3.8, 4) is 0 Å². The van der Waals surface area contributed by atoms with Gasteiger partial charge >= 0.3 is 0 Å². The van der Waals surface area contributed by atoms with Crippen LogP contribution in [-0.4, -0.2) is 41.8 Å². The molecular weight excluding hydrogens is 220 g/mol. The highest BCUT2D eigenvalue weighted by Gasteiger charge is 2.47. The van der Waals surface area contributed by atoms with Gasteiger partial charge < -0.3 is 4.79 Å². The van der Waals surface area contributed by atoms with Crippen molar-refractivity contribution in [3.05, 3.63) is 46.0 Å². The molecule has 0 saturated carbocycles. The van der Waals surface area contributed by atoms with E-state index in [-0.39, 0.29) is 10.8 Å². The first-order valence-electron chi connectivity index (χ1n) is 5.49. The standard InChI is InChI=1S/C12H14N2O3/c1-13-7-10(14(16)17)12(11(13)8-15)9-5-3-2-4-6-9/h2-6,8,10-12H,7H2,1H3/t10?,11-,12-/m1/s1. The van der Waals surface area contributed by atoms with E-state index < -0.39 is 12.1 Å². The summed E-state index contributed by atoms with van der Waals surface area (Å²) in [5.74, 6) is -0.353. The molecule has 0 aromatic heterocycles. The van der Waals surface area contributed by atoms with Gasteiger partial charge in [-0.2, -0.15) is 0 Å². The molecule has 90 valence electrons. The maximum atomic E-state index is 11.1. The molecule has 1 unspecified atom stereocenters. The van der Waals surface area contributed by atoms with Crippen LogP contribution in [0.15, 0.2) is 30.3 Å². The van der Waals surface area contributed by atoms with E-state index in [0.717, 1.165) is 11.8 Å². The van der Waals surface area contributed by atoms with Crippen LogP contribution in [0.2, 0.25) is 0 Å². The minimum absolute atomic E-state index is 0.280. The van der Waals surface area contributed by atoms with Gasteiger partial charge in [0.25, 0.3) is 0 Å². The minimum atomic E-state index is -0.711. The SMILES string of the molecule is CN1CC([N+](=O)[O-])[C@@H](c2ccccc2)[C@H]1C=O. The van der Waals surface area contributed by atoms with Gasteiger partial charge in [0.05, 0.1) is 18.5 Å². The van der Waals surface area contributed by atoms with Crippen LogP contribution in [0.3, 0.4) is 0 Å². The zero-order chi connectivity index (χ0) is 12.4. The molecule has 1 fully saturated rings. The summed E-state index contributed by atoms with van der Waals surface area (Å²) in [6.07, 6.45) is 0.807. The van der Waals surface area contributed by atoms with Crippen molar-refractivity contribution in [1.82, 2.24) is 4.90 Å². The van der Waals surface area contributed by atoms with E-state index in [9.17, 15) is 14.9 Å². The van der Waals surface area contributed by atoms with Gasteiger partial charge in [0.2, 0.25) is 6.04 Å². The van der Waals surface area contributed by atoms with Gasteiger partial charge in [-0.15, -0.1) is 0 Å². The maximum Gasteiger partial charge on any atom is 0.234 e. The summed E-state index contributed by atoms with van der Waals surface area (Å²) in [6.45, 7) is 0.315. The predicted molar refractivity (Wildman–Crippen MR) is 62.4 cm³/mol. The normalized spacial score (nSPS) is 29.1. The third kappa shape index (κ3) is 2.06. The summed E-state index contributed by atoms with van der Waals surface area (Å²) in [5.41, 5.74) is 0.857. The minimum Gasteiger partial charge on any atom is -0.302 e. The number of carbonyl (C=O) groups is 1. The van der Waals surface area contributed by atoms with E-state index in [1.54, 1.807) is 11.9 Å². The van der Waals surface area contributed by atoms with Gasteiger partial charge in [0, 0.05) is 4.92 Å². The van der Waals surface area contributed by atoms with Crippen molar-refractivity contribution in [2.24, 2.45) is 0 Å². The second-order valence-corrected chi connectivity index (χ2v) is 4.36. The smallest absolute Gasteiger partial charge is 0.234 e. The van der Waals surface area contributed by atoms with Crippen molar-refractivity contribution in [3.63, 3.8) is 0 Å². The Morgan fingerprint density at radius 3 is 2.59 bits per heavy atom. The van der Waals surface area contributed by atoms with Crippen LogP contribution in [-0.2, 0) is 4.79 Å². The Labute approximate surface area is 99.2 Å². The molecule has 1 heterocycles. The van der Waals surface area contributed by atoms with Crippen LogP contribution in [0.1, 0.15) is 11.5 Å². The number of hydrogen-bond donors (Lipinski definition) is 0. The quantitative estimate of drug-likeness (QED) is 0.443. The molecule has 1 aliphatic rings. The molecule has 0 bridgehead atoms. The lowest BCUT2D eigenvalue weighted by Gasteiger charge is -2.18. The van der Waals surface area contributed by atoms with Crippen LogP contribution in [0.4, 0.5) is 0 Å². The molecule has 1 aromatic rings. The lowest BCUT2D eigenvalue weighted by molar-refractivity contribution is -0.521. The molecule has 0 N–H and O–H groups in total.